The Morgan fingerprint density at radius 3 is 2.53 bits per heavy atom. The fraction of sp³-hybridized carbons (Fsp3) is 0.310. The van der Waals surface area contributed by atoms with Crippen LogP contribution in [0.4, 0.5) is 0 Å². The van der Waals surface area contributed by atoms with Crippen molar-refractivity contribution in [1.82, 2.24) is 14.9 Å². The lowest BCUT2D eigenvalue weighted by Gasteiger charge is -2.11. The minimum Gasteiger partial charge on any atom is -0.494 e. The smallest absolute Gasteiger partial charge is 0.224 e. The van der Waals surface area contributed by atoms with Crippen molar-refractivity contribution in [3.63, 3.8) is 0 Å². The first kappa shape index (κ1) is 23.6. The normalized spacial score (nSPS) is 11.0. The van der Waals surface area contributed by atoms with Gasteiger partial charge in [0, 0.05) is 19.5 Å². The van der Waals surface area contributed by atoms with Crippen LogP contribution in [-0.4, -0.2) is 28.6 Å². The first-order valence-corrected chi connectivity index (χ1v) is 12.1. The van der Waals surface area contributed by atoms with Gasteiger partial charge in [-0.25, -0.2) is 4.98 Å². The molecule has 0 fully saturated rings. The number of carbonyl (C=O) groups is 1. The molecule has 0 saturated carbocycles. The molecule has 0 unspecified atom stereocenters. The van der Waals surface area contributed by atoms with E-state index >= 15 is 0 Å². The van der Waals surface area contributed by atoms with Crippen LogP contribution >= 0.6 is 0 Å². The summed E-state index contributed by atoms with van der Waals surface area (Å²) in [7, 11) is 0. The summed E-state index contributed by atoms with van der Waals surface area (Å²) in [5.41, 5.74) is 4.44. The van der Waals surface area contributed by atoms with E-state index in [2.05, 4.69) is 28.1 Å². The molecule has 0 saturated heterocycles. The maximum Gasteiger partial charge on any atom is 0.224 e. The number of aryl methyl sites for hydroxylation is 3. The standard InChI is InChI=1S/C29H33N3O2/c1-23-12-5-6-13-24(23)22-29(33)30-19-11-18-28-31-26-16-7-8-17-27(26)32(28)20-9-10-21-34-25-14-3-2-4-15-25/h2-8,12-17H,9-11,18-22H2,1H3,(H,30,33). The molecule has 176 valence electrons. The molecular formula is C29H33N3O2. The summed E-state index contributed by atoms with van der Waals surface area (Å²) in [4.78, 5) is 17.2. The minimum atomic E-state index is 0.0706. The van der Waals surface area contributed by atoms with Gasteiger partial charge in [-0.1, -0.05) is 54.6 Å². The Morgan fingerprint density at radius 2 is 1.68 bits per heavy atom. The number of rotatable bonds is 12. The van der Waals surface area contributed by atoms with E-state index in [4.69, 9.17) is 9.72 Å². The van der Waals surface area contributed by atoms with E-state index in [9.17, 15) is 4.79 Å². The number of hydrogen-bond acceptors (Lipinski definition) is 3. The summed E-state index contributed by atoms with van der Waals surface area (Å²) >= 11 is 0. The lowest BCUT2D eigenvalue weighted by molar-refractivity contribution is -0.120. The summed E-state index contributed by atoms with van der Waals surface area (Å²) in [6.07, 6.45) is 4.12. The zero-order valence-electron chi connectivity index (χ0n) is 19.9. The van der Waals surface area contributed by atoms with Crippen LogP contribution in [0.2, 0.25) is 0 Å². The summed E-state index contributed by atoms with van der Waals surface area (Å²) in [5.74, 6) is 2.07. The van der Waals surface area contributed by atoms with E-state index in [0.29, 0.717) is 19.6 Å². The van der Waals surface area contributed by atoms with Crippen LogP contribution in [0.25, 0.3) is 11.0 Å². The highest BCUT2D eigenvalue weighted by molar-refractivity contribution is 5.79. The van der Waals surface area contributed by atoms with Crippen molar-refractivity contribution < 1.29 is 9.53 Å². The number of carbonyl (C=O) groups excluding carboxylic acids is 1. The topological polar surface area (TPSA) is 56.2 Å². The van der Waals surface area contributed by atoms with Gasteiger partial charge >= 0.3 is 0 Å². The second-order valence-electron chi connectivity index (χ2n) is 8.59. The summed E-state index contributed by atoms with van der Waals surface area (Å²) in [6.45, 7) is 4.31. The molecule has 0 aliphatic rings. The van der Waals surface area contributed by atoms with Crippen LogP contribution in [0.5, 0.6) is 5.75 Å². The molecule has 0 atom stereocenters. The zero-order chi connectivity index (χ0) is 23.6. The van der Waals surface area contributed by atoms with Gasteiger partial charge in [-0.2, -0.15) is 0 Å². The van der Waals surface area contributed by atoms with Crippen LogP contribution in [0.3, 0.4) is 0 Å². The SMILES string of the molecule is Cc1ccccc1CC(=O)NCCCc1nc2ccccc2n1CCCCOc1ccccc1. The molecule has 1 N–H and O–H groups in total. The number of imidazole rings is 1. The van der Waals surface area contributed by atoms with Crippen molar-refractivity contribution >= 4 is 16.9 Å². The lowest BCUT2D eigenvalue weighted by Crippen LogP contribution is -2.26. The molecule has 4 aromatic rings. The largest absolute Gasteiger partial charge is 0.494 e. The molecule has 1 heterocycles. The highest BCUT2D eigenvalue weighted by atomic mass is 16.5. The fourth-order valence-corrected chi connectivity index (χ4v) is 4.16. The van der Waals surface area contributed by atoms with E-state index < -0.39 is 0 Å². The number of fused-ring (bicyclic) bond motifs is 1. The molecule has 3 aromatic carbocycles. The van der Waals surface area contributed by atoms with E-state index in [1.54, 1.807) is 0 Å². The van der Waals surface area contributed by atoms with Gasteiger partial charge in [-0.05, 0) is 61.6 Å². The second-order valence-corrected chi connectivity index (χ2v) is 8.59. The van der Waals surface area contributed by atoms with E-state index in [1.807, 2.05) is 67.6 Å². The lowest BCUT2D eigenvalue weighted by atomic mass is 10.1. The van der Waals surface area contributed by atoms with Gasteiger partial charge in [-0.15, -0.1) is 0 Å². The molecule has 0 radical (unpaired) electrons. The van der Waals surface area contributed by atoms with E-state index in [-0.39, 0.29) is 5.91 Å². The summed E-state index contributed by atoms with van der Waals surface area (Å²) in [5, 5.41) is 3.06. The third kappa shape index (κ3) is 6.47. The predicted octanol–water partition coefficient (Wildman–Crippen LogP) is 5.50. The van der Waals surface area contributed by atoms with Crippen LogP contribution in [0.1, 0.15) is 36.2 Å². The number of nitrogens with one attached hydrogen (secondary N) is 1. The third-order valence-corrected chi connectivity index (χ3v) is 6.03. The van der Waals surface area contributed by atoms with Gasteiger partial charge in [-0.3, -0.25) is 4.79 Å². The molecular weight excluding hydrogens is 422 g/mol. The fourth-order valence-electron chi connectivity index (χ4n) is 4.16. The van der Waals surface area contributed by atoms with E-state index in [0.717, 1.165) is 60.4 Å². The van der Waals surface area contributed by atoms with Crippen molar-refractivity contribution in [2.24, 2.45) is 0 Å². The molecule has 0 bridgehead atoms. The van der Waals surface area contributed by atoms with Crippen LogP contribution in [0, 0.1) is 6.92 Å². The molecule has 0 aliphatic heterocycles. The molecule has 1 aromatic heterocycles. The number of aromatic nitrogens is 2. The van der Waals surface area contributed by atoms with Crippen LogP contribution in [-0.2, 0) is 24.2 Å². The van der Waals surface area contributed by atoms with Gasteiger partial charge in [0.05, 0.1) is 24.1 Å². The van der Waals surface area contributed by atoms with Gasteiger partial charge in [0.2, 0.25) is 5.91 Å². The number of unbranched alkanes of at least 4 members (excludes halogenated alkanes) is 1. The molecule has 0 aliphatic carbocycles. The molecule has 0 spiro atoms. The maximum atomic E-state index is 12.3. The number of ether oxygens (including phenoxy) is 1. The Morgan fingerprint density at radius 1 is 0.912 bits per heavy atom. The number of amides is 1. The summed E-state index contributed by atoms with van der Waals surface area (Å²) in [6, 6.07) is 26.3. The molecule has 5 nitrogen and oxygen atoms in total. The minimum absolute atomic E-state index is 0.0706. The Kier molecular flexibility index (Phi) is 8.33. The molecule has 5 heteroatoms. The molecule has 4 rings (SSSR count). The number of nitrogens with zero attached hydrogens (tertiary/aromatic N) is 2. The van der Waals surface area contributed by atoms with Gasteiger partial charge in [0.25, 0.3) is 0 Å². The quantitative estimate of drug-likeness (QED) is 0.287. The predicted molar refractivity (Wildman–Crippen MR) is 137 cm³/mol. The second kappa shape index (κ2) is 12.0. The van der Waals surface area contributed by atoms with Crippen molar-refractivity contribution in [2.45, 2.75) is 45.6 Å². The first-order valence-electron chi connectivity index (χ1n) is 12.1. The summed E-state index contributed by atoms with van der Waals surface area (Å²) < 4.78 is 8.16. The third-order valence-electron chi connectivity index (χ3n) is 6.03. The Balaban J connectivity index is 1.26. The Labute approximate surface area is 201 Å². The van der Waals surface area contributed by atoms with Crippen molar-refractivity contribution in [3.8, 4) is 5.75 Å². The van der Waals surface area contributed by atoms with Crippen LogP contribution in [0.15, 0.2) is 78.9 Å². The molecule has 34 heavy (non-hydrogen) atoms. The van der Waals surface area contributed by atoms with Gasteiger partial charge in [0.15, 0.2) is 0 Å². The van der Waals surface area contributed by atoms with Crippen molar-refractivity contribution in [2.75, 3.05) is 13.2 Å². The monoisotopic (exact) mass is 455 g/mol. The van der Waals surface area contributed by atoms with Crippen LogP contribution < -0.4 is 10.1 Å². The van der Waals surface area contributed by atoms with Crippen molar-refractivity contribution in [3.05, 3.63) is 95.8 Å². The average Bonchev–Trinajstić information content (AvgIpc) is 3.21. The Bertz CT molecular complexity index is 1200. The van der Waals surface area contributed by atoms with Gasteiger partial charge in [0.1, 0.15) is 11.6 Å². The van der Waals surface area contributed by atoms with Gasteiger partial charge < -0.3 is 14.6 Å². The average molecular weight is 456 g/mol. The zero-order valence-corrected chi connectivity index (χ0v) is 19.9. The molecule has 1 amide bonds. The first-order chi connectivity index (χ1) is 16.7. The maximum absolute atomic E-state index is 12.3. The number of benzene rings is 3. The van der Waals surface area contributed by atoms with Crippen molar-refractivity contribution in [1.29, 1.82) is 0 Å². The Hall–Kier alpha value is -3.60. The number of para-hydroxylation sites is 3. The van der Waals surface area contributed by atoms with E-state index in [1.165, 1.54) is 5.52 Å². The highest BCUT2D eigenvalue weighted by Gasteiger charge is 2.11. The number of hydrogen-bond donors (Lipinski definition) is 1. The highest BCUT2D eigenvalue weighted by Crippen LogP contribution is 2.18.